The van der Waals surface area contributed by atoms with Crippen molar-refractivity contribution in [2.24, 2.45) is 0 Å². The lowest BCUT2D eigenvalue weighted by Crippen LogP contribution is -2.45. The summed E-state index contributed by atoms with van der Waals surface area (Å²) in [5, 5.41) is 1.06. The lowest BCUT2D eigenvalue weighted by atomic mass is 10.1. The average Bonchev–Trinajstić information content (AvgIpc) is 2.54. The summed E-state index contributed by atoms with van der Waals surface area (Å²) in [7, 11) is 0. The third kappa shape index (κ3) is 3.23. The molecule has 2 aromatic rings. The molecule has 22 heavy (non-hydrogen) atoms. The molecule has 0 atom stereocenters. The third-order valence-corrected chi connectivity index (χ3v) is 4.61. The Hall–Kier alpha value is -1.65. The Morgan fingerprint density at radius 2 is 1.77 bits per heavy atom. The van der Waals surface area contributed by atoms with E-state index in [-0.39, 0.29) is 5.63 Å². The molecular weight excluding hydrogens is 276 g/mol. The van der Waals surface area contributed by atoms with Crippen LogP contribution in [0.1, 0.15) is 25.0 Å². The summed E-state index contributed by atoms with van der Waals surface area (Å²) < 4.78 is 5.39. The zero-order valence-corrected chi connectivity index (χ0v) is 13.5. The first-order chi connectivity index (χ1) is 10.7. The second-order valence-electron chi connectivity index (χ2n) is 5.99. The molecule has 0 spiro atoms. The quantitative estimate of drug-likeness (QED) is 0.813. The highest BCUT2D eigenvalue weighted by molar-refractivity contribution is 5.80. The largest absolute Gasteiger partial charge is 0.423 e. The summed E-state index contributed by atoms with van der Waals surface area (Å²) in [6, 6.07) is 7.87. The number of benzene rings is 1. The predicted octanol–water partition coefficient (Wildman–Crippen LogP) is 2.49. The molecule has 4 heteroatoms. The molecular formula is C18H24N2O2. The summed E-state index contributed by atoms with van der Waals surface area (Å²) in [6.45, 7) is 10.6. The molecule has 1 aliphatic heterocycles. The maximum Gasteiger partial charge on any atom is 0.336 e. The molecule has 1 aromatic heterocycles. The van der Waals surface area contributed by atoms with Crippen LogP contribution in [0.15, 0.2) is 33.5 Å². The Kier molecular flexibility index (Phi) is 4.60. The zero-order chi connectivity index (χ0) is 15.5. The van der Waals surface area contributed by atoms with Gasteiger partial charge >= 0.3 is 5.63 Å². The van der Waals surface area contributed by atoms with Gasteiger partial charge in [0, 0.05) is 44.2 Å². The summed E-state index contributed by atoms with van der Waals surface area (Å²) in [4.78, 5) is 16.7. The first-order valence-corrected chi connectivity index (χ1v) is 8.20. The van der Waals surface area contributed by atoms with Gasteiger partial charge in [-0.2, -0.15) is 0 Å². The first kappa shape index (κ1) is 15.3. The Balaban J connectivity index is 1.86. The van der Waals surface area contributed by atoms with Gasteiger partial charge in [0.2, 0.25) is 0 Å². The van der Waals surface area contributed by atoms with Crippen LogP contribution in [0.4, 0.5) is 0 Å². The van der Waals surface area contributed by atoms with Crippen molar-refractivity contribution in [2.45, 2.75) is 26.8 Å². The highest BCUT2D eigenvalue weighted by atomic mass is 16.4. The number of fused-ring (bicyclic) bond motifs is 1. The van der Waals surface area contributed by atoms with Crippen molar-refractivity contribution < 1.29 is 4.42 Å². The molecule has 0 aliphatic carbocycles. The molecule has 4 nitrogen and oxygen atoms in total. The van der Waals surface area contributed by atoms with E-state index in [1.165, 1.54) is 5.56 Å². The van der Waals surface area contributed by atoms with Crippen molar-refractivity contribution in [3.63, 3.8) is 0 Å². The van der Waals surface area contributed by atoms with Gasteiger partial charge in [-0.25, -0.2) is 4.79 Å². The van der Waals surface area contributed by atoms with E-state index in [0.717, 1.165) is 56.6 Å². The average molecular weight is 300 g/mol. The van der Waals surface area contributed by atoms with Crippen molar-refractivity contribution >= 4 is 11.0 Å². The van der Waals surface area contributed by atoms with E-state index in [0.29, 0.717) is 5.58 Å². The topological polar surface area (TPSA) is 36.7 Å². The number of aryl methyl sites for hydroxylation is 1. The van der Waals surface area contributed by atoms with Crippen LogP contribution in [-0.2, 0) is 13.0 Å². The van der Waals surface area contributed by atoms with Crippen LogP contribution >= 0.6 is 0 Å². The SMILES string of the molecule is CCc1ccc2c(CN3CCN(CC)CC3)cc(=O)oc2c1. The normalized spacial score (nSPS) is 17.2. The van der Waals surface area contributed by atoms with Crippen molar-refractivity contribution in [3.8, 4) is 0 Å². The Labute approximate surface area is 131 Å². The van der Waals surface area contributed by atoms with Crippen LogP contribution in [0.2, 0.25) is 0 Å². The lowest BCUT2D eigenvalue weighted by Gasteiger charge is -2.34. The summed E-state index contributed by atoms with van der Waals surface area (Å²) in [6.07, 6.45) is 0.947. The Morgan fingerprint density at radius 3 is 2.45 bits per heavy atom. The molecule has 0 amide bonds. The van der Waals surface area contributed by atoms with Crippen molar-refractivity contribution in [2.75, 3.05) is 32.7 Å². The minimum absolute atomic E-state index is 0.247. The highest BCUT2D eigenvalue weighted by Gasteiger charge is 2.17. The molecule has 1 saturated heterocycles. The Morgan fingerprint density at radius 1 is 1.05 bits per heavy atom. The van der Waals surface area contributed by atoms with E-state index in [9.17, 15) is 4.79 Å². The van der Waals surface area contributed by atoms with Crippen molar-refractivity contribution in [3.05, 3.63) is 45.8 Å². The second kappa shape index (κ2) is 6.63. The van der Waals surface area contributed by atoms with E-state index in [1.807, 2.05) is 6.07 Å². The summed E-state index contributed by atoms with van der Waals surface area (Å²) >= 11 is 0. The maximum absolute atomic E-state index is 11.9. The standard InChI is InChI=1S/C18H24N2O2/c1-3-14-5-6-16-15(12-18(21)22-17(16)11-14)13-20-9-7-19(4-2)8-10-20/h5-6,11-12H,3-4,7-10,13H2,1-2H3. The summed E-state index contributed by atoms with van der Waals surface area (Å²) in [5.74, 6) is 0. The predicted molar refractivity (Wildman–Crippen MR) is 89.3 cm³/mol. The zero-order valence-electron chi connectivity index (χ0n) is 13.5. The fourth-order valence-corrected chi connectivity index (χ4v) is 3.13. The third-order valence-electron chi connectivity index (χ3n) is 4.61. The smallest absolute Gasteiger partial charge is 0.336 e. The van der Waals surface area contributed by atoms with Gasteiger partial charge in [-0.05, 0) is 30.2 Å². The van der Waals surface area contributed by atoms with Crippen molar-refractivity contribution in [1.29, 1.82) is 0 Å². The molecule has 0 bridgehead atoms. The number of piperazine rings is 1. The van der Waals surface area contributed by atoms with Gasteiger partial charge in [0.05, 0.1) is 0 Å². The molecule has 0 unspecified atom stereocenters. The van der Waals surface area contributed by atoms with E-state index in [1.54, 1.807) is 6.07 Å². The molecule has 1 aliphatic rings. The fourth-order valence-electron chi connectivity index (χ4n) is 3.13. The number of likely N-dealkylation sites (N-methyl/N-ethyl adjacent to an activating group) is 1. The number of hydrogen-bond acceptors (Lipinski definition) is 4. The van der Waals surface area contributed by atoms with Gasteiger partial charge in [0.25, 0.3) is 0 Å². The molecule has 1 fully saturated rings. The number of hydrogen-bond donors (Lipinski definition) is 0. The van der Waals surface area contributed by atoms with Gasteiger partial charge in [0.15, 0.2) is 0 Å². The van der Waals surface area contributed by atoms with Gasteiger partial charge < -0.3 is 9.32 Å². The summed E-state index contributed by atoms with van der Waals surface area (Å²) in [5.41, 5.74) is 2.75. The van der Waals surface area contributed by atoms with Crippen LogP contribution in [-0.4, -0.2) is 42.5 Å². The van der Waals surface area contributed by atoms with Crippen LogP contribution in [0.5, 0.6) is 0 Å². The second-order valence-corrected chi connectivity index (χ2v) is 5.99. The van der Waals surface area contributed by atoms with Crippen LogP contribution < -0.4 is 5.63 Å². The number of rotatable bonds is 4. The first-order valence-electron chi connectivity index (χ1n) is 8.20. The number of nitrogens with zero attached hydrogens (tertiary/aromatic N) is 2. The van der Waals surface area contributed by atoms with Crippen LogP contribution in [0, 0.1) is 0 Å². The molecule has 1 aromatic carbocycles. The van der Waals surface area contributed by atoms with E-state index >= 15 is 0 Å². The molecule has 0 saturated carbocycles. The van der Waals surface area contributed by atoms with Crippen LogP contribution in [0.3, 0.4) is 0 Å². The van der Waals surface area contributed by atoms with Gasteiger partial charge in [-0.3, -0.25) is 4.90 Å². The van der Waals surface area contributed by atoms with E-state index in [4.69, 9.17) is 4.42 Å². The monoisotopic (exact) mass is 300 g/mol. The molecule has 0 radical (unpaired) electrons. The van der Waals surface area contributed by atoms with Crippen LogP contribution in [0.25, 0.3) is 11.0 Å². The van der Waals surface area contributed by atoms with Gasteiger partial charge in [0.1, 0.15) is 5.58 Å². The van der Waals surface area contributed by atoms with E-state index < -0.39 is 0 Å². The van der Waals surface area contributed by atoms with Gasteiger partial charge in [-0.1, -0.05) is 26.0 Å². The van der Waals surface area contributed by atoms with E-state index in [2.05, 4.69) is 35.8 Å². The van der Waals surface area contributed by atoms with Gasteiger partial charge in [-0.15, -0.1) is 0 Å². The fraction of sp³-hybridized carbons (Fsp3) is 0.500. The van der Waals surface area contributed by atoms with Crippen molar-refractivity contribution in [1.82, 2.24) is 9.80 Å². The molecule has 0 N–H and O–H groups in total. The minimum atomic E-state index is -0.247. The maximum atomic E-state index is 11.9. The Bertz CT molecular complexity index is 700. The highest BCUT2D eigenvalue weighted by Crippen LogP contribution is 2.21. The minimum Gasteiger partial charge on any atom is -0.423 e. The molecule has 3 rings (SSSR count). The molecule has 2 heterocycles. The lowest BCUT2D eigenvalue weighted by molar-refractivity contribution is 0.132. The molecule has 118 valence electrons.